The highest BCUT2D eigenvalue weighted by atomic mass is 35.5. The minimum atomic E-state index is -0.518. The first kappa shape index (κ1) is 20.6. The van der Waals surface area contributed by atoms with Crippen LogP contribution in [0.25, 0.3) is 16.5 Å². The van der Waals surface area contributed by atoms with Gasteiger partial charge in [0.2, 0.25) is 0 Å². The van der Waals surface area contributed by atoms with Crippen molar-refractivity contribution in [1.82, 2.24) is 10.3 Å². The van der Waals surface area contributed by atoms with E-state index in [4.69, 9.17) is 23.2 Å². The number of alkyl halides is 2. The summed E-state index contributed by atoms with van der Waals surface area (Å²) in [7, 11) is 0. The summed E-state index contributed by atoms with van der Waals surface area (Å²) >= 11 is 13.4. The number of benzene rings is 2. The van der Waals surface area contributed by atoms with Crippen molar-refractivity contribution in [1.29, 1.82) is 0 Å². The number of para-hydroxylation sites is 2. The zero-order valence-electron chi connectivity index (χ0n) is 17.6. The second-order valence-electron chi connectivity index (χ2n) is 8.68. The summed E-state index contributed by atoms with van der Waals surface area (Å²) in [6, 6.07) is 15.8. The first-order valence-corrected chi connectivity index (χ1v) is 11.9. The van der Waals surface area contributed by atoms with E-state index in [-0.39, 0.29) is 23.2 Å². The second kappa shape index (κ2) is 7.79. The van der Waals surface area contributed by atoms with Gasteiger partial charge in [-0.2, -0.15) is 0 Å². The van der Waals surface area contributed by atoms with E-state index in [1.54, 1.807) is 6.20 Å². The molecule has 2 N–H and O–H groups in total. The van der Waals surface area contributed by atoms with Crippen LogP contribution in [0.4, 0.5) is 5.69 Å². The number of amides is 2. The lowest BCUT2D eigenvalue weighted by atomic mass is 9.87. The summed E-state index contributed by atoms with van der Waals surface area (Å²) in [5.74, 6) is -1.21. The van der Waals surface area contributed by atoms with Gasteiger partial charge in [-0.15, -0.1) is 11.6 Å². The lowest BCUT2D eigenvalue weighted by molar-refractivity contribution is -0.123. The van der Waals surface area contributed by atoms with Crippen molar-refractivity contribution in [2.45, 2.75) is 35.7 Å². The minimum absolute atomic E-state index is 0.0260. The molecule has 3 aliphatic rings. The van der Waals surface area contributed by atoms with Gasteiger partial charge >= 0.3 is 0 Å². The van der Waals surface area contributed by atoms with Crippen LogP contribution in [0.15, 0.2) is 72.5 Å². The zero-order chi connectivity index (χ0) is 22.7. The summed E-state index contributed by atoms with van der Waals surface area (Å²) < 4.78 is 0. The fourth-order valence-electron chi connectivity index (χ4n) is 5.40. The van der Waals surface area contributed by atoms with Crippen LogP contribution in [0.2, 0.25) is 0 Å². The van der Waals surface area contributed by atoms with E-state index in [0.717, 1.165) is 35.0 Å². The fourth-order valence-corrected chi connectivity index (χ4v) is 6.12. The van der Waals surface area contributed by atoms with E-state index in [1.165, 1.54) is 0 Å². The summed E-state index contributed by atoms with van der Waals surface area (Å²) in [6.45, 7) is 0. The van der Waals surface area contributed by atoms with Crippen LogP contribution >= 0.6 is 23.2 Å². The highest BCUT2D eigenvalue weighted by molar-refractivity contribution is 6.38. The largest absolute Gasteiger partial charge is 0.361 e. The number of aromatic amines is 1. The average molecular weight is 478 g/mol. The number of allylic oxidation sites excluding steroid dienone is 1. The van der Waals surface area contributed by atoms with E-state index in [2.05, 4.69) is 21.3 Å². The molecular weight excluding hydrogens is 457 g/mol. The molecule has 4 atom stereocenters. The topological polar surface area (TPSA) is 65.2 Å². The Labute approximate surface area is 201 Å². The maximum atomic E-state index is 13.2. The normalized spacial score (nSPS) is 26.9. The monoisotopic (exact) mass is 477 g/mol. The van der Waals surface area contributed by atoms with Crippen molar-refractivity contribution >= 4 is 57.2 Å². The Morgan fingerprint density at radius 1 is 0.909 bits per heavy atom. The number of rotatable bonds is 3. The maximum absolute atomic E-state index is 13.2. The fraction of sp³-hybridized carbons (Fsp3) is 0.231. The second-order valence-corrected chi connectivity index (χ2v) is 9.69. The molecule has 3 unspecified atom stereocenters. The van der Waals surface area contributed by atoms with Gasteiger partial charge in [0.15, 0.2) is 0 Å². The van der Waals surface area contributed by atoms with Crippen LogP contribution in [-0.4, -0.2) is 33.7 Å². The van der Waals surface area contributed by atoms with Gasteiger partial charge in [-0.1, -0.05) is 60.2 Å². The zero-order valence-corrected chi connectivity index (χ0v) is 19.1. The van der Waals surface area contributed by atoms with Crippen LogP contribution in [0.1, 0.15) is 29.9 Å². The van der Waals surface area contributed by atoms with Crippen molar-refractivity contribution in [3.63, 3.8) is 0 Å². The van der Waals surface area contributed by atoms with Gasteiger partial charge in [0.05, 0.1) is 16.9 Å². The SMILES string of the molecule is O=C1NC(=O)C(C2c3ccccc3N(C3C=C[C@H](Cl)CC3)C2Cl)=C1c1c[nH]c2ccccc12. The number of fused-ring (bicyclic) bond motifs is 2. The molecule has 0 bridgehead atoms. The number of halogens is 2. The molecule has 0 saturated carbocycles. The number of imide groups is 1. The molecule has 1 aromatic heterocycles. The molecule has 1 aliphatic carbocycles. The quantitative estimate of drug-likeness (QED) is 0.239. The molecule has 166 valence electrons. The molecule has 33 heavy (non-hydrogen) atoms. The van der Waals surface area contributed by atoms with E-state index in [0.29, 0.717) is 16.7 Å². The van der Waals surface area contributed by atoms with Crippen LogP contribution < -0.4 is 10.2 Å². The van der Waals surface area contributed by atoms with E-state index in [1.807, 2.05) is 54.6 Å². The van der Waals surface area contributed by atoms with Crippen LogP contribution in [0, 0.1) is 0 Å². The number of hydrogen-bond acceptors (Lipinski definition) is 3. The Hall–Kier alpha value is -3.02. The number of hydrogen-bond donors (Lipinski definition) is 2. The highest BCUT2D eigenvalue weighted by Gasteiger charge is 2.48. The first-order valence-electron chi connectivity index (χ1n) is 11.0. The van der Waals surface area contributed by atoms with Crippen molar-refractivity contribution < 1.29 is 9.59 Å². The van der Waals surface area contributed by atoms with Gasteiger partial charge in [-0.3, -0.25) is 14.9 Å². The summed E-state index contributed by atoms with van der Waals surface area (Å²) in [5, 5.41) is 3.45. The average Bonchev–Trinajstić information content (AvgIpc) is 3.45. The molecule has 2 amide bonds. The summed E-state index contributed by atoms with van der Waals surface area (Å²) in [4.78, 5) is 31.6. The third kappa shape index (κ3) is 3.14. The van der Waals surface area contributed by atoms with Gasteiger partial charge in [0.25, 0.3) is 11.8 Å². The predicted octanol–water partition coefficient (Wildman–Crippen LogP) is 5.07. The van der Waals surface area contributed by atoms with Gasteiger partial charge < -0.3 is 9.88 Å². The number of anilines is 1. The molecule has 3 aromatic rings. The van der Waals surface area contributed by atoms with E-state index < -0.39 is 11.4 Å². The maximum Gasteiger partial charge on any atom is 0.259 e. The Balaban J connectivity index is 1.53. The molecular formula is C26H21Cl2N3O2. The standard InChI is InChI=1S/C26H21Cl2N3O2/c27-14-9-11-15(12-10-14)31-20-8-4-2-6-17(20)21(24(31)28)23-22(25(32)30-26(23)33)18-13-29-19-7-3-1-5-16(18)19/h1-9,11,13-15,21,24,29H,10,12H2,(H,30,32,33)/t14-,15?,21?,24?/m0/s1. The van der Waals surface area contributed by atoms with Crippen molar-refractivity contribution in [2.75, 3.05) is 4.90 Å². The van der Waals surface area contributed by atoms with E-state index in [9.17, 15) is 9.59 Å². The molecule has 0 spiro atoms. The van der Waals surface area contributed by atoms with Gasteiger partial charge in [-0.25, -0.2) is 0 Å². The molecule has 0 radical (unpaired) electrons. The smallest absolute Gasteiger partial charge is 0.259 e. The van der Waals surface area contributed by atoms with Crippen molar-refractivity contribution in [2.24, 2.45) is 0 Å². The molecule has 0 fully saturated rings. The molecule has 5 nitrogen and oxygen atoms in total. The van der Waals surface area contributed by atoms with Crippen LogP contribution in [-0.2, 0) is 9.59 Å². The van der Waals surface area contributed by atoms with E-state index >= 15 is 0 Å². The lowest BCUT2D eigenvalue weighted by Crippen LogP contribution is -2.40. The minimum Gasteiger partial charge on any atom is -0.361 e. The number of carbonyl (C=O) groups is 2. The summed E-state index contributed by atoms with van der Waals surface area (Å²) in [6.07, 6.45) is 7.64. The third-order valence-electron chi connectivity index (χ3n) is 6.87. The lowest BCUT2D eigenvalue weighted by Gasteiger charge is -2.34. The Morgan fingerprint density at radius 3 is 2.52 bits per heavy atom. The number of carbonyl (C=O) groups excluding carboxylic acids is 2. The number of nitrogens with zero attached hydrogens (tertiary/aromatic N) is 1. The van der Waals surface area contributed by atoms with Crippen LogP contribution in [0.5, 0.6) is 0 Å². The molecule has 3 heterocycles. The van der Waals surface area contributed by atoms with Gasteiger partial charge in [-0.05, 0) is 30.5 Å². The molecule has 7 heteroatoms. The Morgan fingerprint density at radius 2 is 1.70 bits per heavy atom. The molecule has 2 aliphatic heterocycles. The first-order chi connectivity index (χ1) is 16.0. The third-order valence-corrected chi connectivity index (χ3v) is 7.69. The molecule has 0 saturated heterocycles. The molecule has 2 aromatic carbocycles. The van der Waals surface area contributed by atoms with Crippen molar-refractivity contribution in [3.05, 3.63) is 83.6 Å². The van der Waals surface area contributed by atoms with Crippen LogP contribution in [0.3, 0.4) is 0 Å². The predicted molar refractivity (Wildman–Crippen MR) is 131 cm³/mol. The summed E-state index contributed by atoms with van der Waals surface area (Å²) in [5.41, 5.74) is 3.87. The van der Waals surface area contributed by atoms with Gasteiger partial charge in [0, 0.05) is 40.0 Å². The molecule has 6 rings (SSSR count). The Kier molecular flexibility index (Phi) is 4.86. The Bertz CT molecular complexity index is 1360. The van der Waals surface area contributed by atoms with Crippen molar-refractivity contribution in [3.8, 4) is 0 Å². The number of nitrogens with one attached hydrogen (secondary N) is 2. The number of aromatic nitrogens is 1. The highest BCUT2D eigenvalue weighted by Crippen LogP contribution is 2.51. The van der Waals surface area contributed by atoms with Gasteiger partial charge in [0.1, 0.15) is 5.50 Å². The number of H-pyrrole nitrogens is 1.